The normalized spacial score (nSPS) is 43.9. The number of aliphatic hydroxyl groups is 16. The lowest BCUT2D eigenvalue weighted by atomic mass is 9.95. The van der Waals surface area contributed by atoms with Gasteiger partial charge >= 0.3 is 0 Å². The monoisotopic (exact) mass is 1100 g/mol. The van der Waals surface area contributed by atoms with Crippen LogP contribution in [0.2, 0.25) is 0 Å². The third kappa shape index (κ3) is 16.3. The fourth-order valence-electron chi connectivity index (χ4n) is 9.28. The molecule has 16 N–H and O–H groups in total. The van der Waals surface area contributed by atoms with E-state index in [2.05, 4.69) is 12.7 Å². The topological polar surface area (TPSA) is 416 Å². The first-order chi connectivity index (χ1) is 35.9. The summed E-state index contributed by atoms with van der Waals surface area (Å²) in [4.78, 5) is 0. The lowest BCUT2D eigenvalue weighted by Gasteiger charge is -2.47. The molecule has 0 aromatic rings. The van der Waals surface area contributed by atoms with E-state index in [-0.39, 0.29) is 6.61 Å². The van der Waals surface area contributed by atoms with Gasteiger partial charge in [0.2, 0.25) is 0 Å². The molecule has 5 saturated heterocycles. The zero-order valence-corrected chi connectivity index (χ0v) is 43.5. The summed E-state index contributed by atoms with van der Waals surface area (Å²) < 4.78 is 57.6. The standard InChI is InChI=1S/C50H84O26/c1-7-50(6,76-49-44(39(63)33(57)28(19-53)72-49)75-46-41(65)36(60)31(55)26(17-51)70-46)16-10-15-23(3)12-8-11-22(2)13-9-14-24(4)20-67-48-43(38(62)32(56)27(18-52)71-48)74-47-42(66)37(61)34(58)29(73-47)21-68-45-40(64)35(59)30(54)25(5)69-45/h7,11,14-15,25-49,51-66H,1,8-10,12-13,16-21H2,2-6H3. The number of aliphatic hydroxyl groups excluding tert-OH is 16. The summed E-state index contributed by atoms with van der Waals surface area (Å²) in [6.07, 6.45) is -28.1. The second-order valence-electron chi connectivity index (χ2n) is 20.6. The van der Waals surface area contributed by atoms with Crippen LogP contribution in [0.5, 0.6) is 0 Å². The fraction of sp³-hybridized carbons (Fsp3) is 0.840. The Morgan fingerprint density at radius 2 is 0.868 bits per heavy atom. The molecule has 76 heavy (non-hydrogen) atoms. The Morgan fingerprint density at radius 3 is 1.38 bits per heavy atom. The van der Waals surface area contributed by atoms with Gasteiger partial charge in [-0.05, 0) is 73.1 Å². The minimum Gasteiger partial charge on any atom is -0.394 e. The average Bonchev–Trinajstić information content (AvgIpc) is 3.39. The van der Waals surface area contributed by atoms with Crippen LogP contribution >= 0.6 is 0 Å². The smallest absolute Gasteiger partial charge is 0.188 e. The molecule has 5 aliphatic rings. The highest BCUT2D eigenvalue weighted by atomic mass is 16.8. The summed E-state index contributed by atoms with van der Waals surface area (Å²) in [6, 6.07) is 0. The summed E-state index contributed by atoms with van der Waals surface area (Å²) in [7, 11) is 0. The molecule has 0 radical (unpaired) electrons. The van der Waals surface area contributed by atoms with Crippen molar-refractivity contribution in [3.8, 4) is 0 Å². The van der Waals surface area contributed by atoms with Crippen LogP contribution in [0, 0.1) is 0 Å². The zero-order valence-electron chi connectivity index (χ0n) is 43.5. The maximum absolute atomic E-state index is 11.1. The number of hydrogen-bond acceptors (Lipinski definition) is 26. The molecule has 0 spiro atoms. The largest absolute Gasteiger partial charge is 0.394 e. The molecule has 5 rings (SSSR count). The van der Waals surface area contributed by atoms with Crippen molar-refractivity contribution >= 4 is 0 Å². The Balaban J connectivity index is 1.10. The van der Waals surface area contributed by atoms with Crippen molar-refractivity contribution in [2.24, 2.45) is 0 Å². The van der Waals surface area contributed by atoms with Crippen molar-refractivity contribution in [3.63, 3.8) is 0 Å². The summed E-state index contributed by atoms with van der Waals surface area (Å²) >= 11 is 0. The van der Waals surface area contributed by atoms with Gasteiger partial charge in [-0.1, -0.05) is 41.0 Å². The molecule has 0 aliphatic carbocycles. The van der Waals surface area contributed by atoms with E-state index in [1.807, 2.05) is 26.0 Å². The van der Waals surface area contributed by atoms with E-state index in [9.17, 15) is 81.7 Å². The first kappa shape index (κ1) is 64.7. The van der Waals surface area contributed by atoms with Gasteiger partial charge in [0.1, 0.15) is 116 Å². The van der Waals surface area contributed by atoms with Gasteiger partial charge in [-0.25, -0.2) is 0 Å². The van der Waals surface area contributed by atoms with Crippen molar-refractivity contribution in [1.29, 1.82) is 0 Å². The Kier molecular flexibility index (Phi) is 25.2. The van der Waals surface area contributed by atoms with Crippen LogP contribution < -0.4 is 0 Å². The number of allylic oxidation sites excluding steroid dienone is 5. The molecule has 0 saturated carbocycles. The van der Waals surface area contributed by atoms with Crippen LogP contribution in [0.4, 0.5) is 0 Å². The maximum Gasteiger partial charge on any atom is 0.188 e. The third-order valence-corrected chi connectivity index (χ3v) is 14.5. The van der Waals surface area contributed by atoms with Gasteiger partial charge in [0.05, 0.1) is 44.7 Å². The van der Waals surface area contributed by atoms with Gasteiger partial charge in [0.25, 0.3) is 0 Å². The predicted molar refractivity (Wildman–Crippen MR) is 259 cm³/mol. The molecule has 5 heterocycles. The van der Waals surface area contributed by atoms with Crippen molar-refractivity contribution < 1.29 is 129 Å². The van der Waals surface area contributed by atoms with Crippen molar-refractivity contribution in [2.75, 3.05) is 33.0 Å². The number of hydrogen-bond donors (Lipinski definition) is 16. The van der Waals surface area contributed by atoms with Crippen molar-refractivity contribution in [2.45, 2.75) is 232 Å². The highest BCUT2D eigenvalue weighted by molar-refractivity contribution is 5.08. The molecule has 5 aliphatic heterocycles. The average molecular weight is 1100 g/mol. The van der Waals surface area contributed by atoms with Crippen LogP contribution in [0.15, 0.2) is 47.6 Å². The highest BCUT2D eigenvalue weighted by Crippen LogP contribution is 2.35. The highest BCUT2D eigenvalue weighted by Gasteiger charge is 2.54. The first-order valence-corrected chi connectivity index (χ1v) is 25.7. The van der Waals surface area contributed by atoms with Crippen LogP contribution in [0.3, 0.4) is 0 Å². The van der Waals surface area contributed by atoms with E-state index in [0.717, 1.165) is 29.6 Å². The second-order valence-corrected chi connectivity index (χ2v) is 20.6. The van der Waals surface area contributed by atoms with Gasteiger partial charge in [-0.2, -0.15) is 0 Å². The van der Waals surface area contributed by atoms with E-state index in [1.54, 1.807) is 13.8 Å². The van der Waals surface area contributed by atoms with E-state index in [0.29, 0.717) is 25.7 Å². The fourth-order valence-corrected chi connectivity index (χ4v) is 9.28. The molecule has 5 fully saturated rings. The molecule has 26 nitrogen and oxygen atoms in total. The van der Waals surface area contributed by atoms with E-state index in [1.165, 1.54) is 13.0 Å². The lowest BCUT2D eigenvalue weighted by molar-refractivity contribution is -0.375. The van der Waals surface area contributed by atoms with Crippen LogP contribution in [-0.2, 0) is 47.4 Å². The lowest BCUT2D eigenvalue weighted by Crippen LogP contribution is -2.65. The predicted octanol–water partition coefficient (Wildman–Crippen LogP) is -4.76. The Labute approximate surface area is 441 Å². The van der Waals surface area contributed by atoms with Gasteiger partial charge in [0, 0.05) is 0 Å². The zero-order chi connectivity index (χ0) is 56.3. The summed E-state index contributed by atoms with van der Waals surface area (Å²) in [6.45, 7) is 10.1. The molecule has 26 heteroatoms. The molecule has 0 amide bonds. The van der Waals surface area contributed by atoms with Crippen molar-refractivity contribution in [3.05, 3.63) is 47.6 Å². The summed E-state index contributed by atoms with van der Waals surface area (Å²) in [5.41, 5.74) is 1.85. The Bertz CT molecular complexity index is 1860. The third-order valence-electron chi connectivity index (χ3n) is 14.5. The van der Waals surface area contributed by atoms with Gasteiger partial charge < -0.3 is 129 Å². The minimum atomic E-state index is -1.89. The summed E-state index contributed by atoms with van der Waals surface area (Å²) in [5, 5.41) is 167. The number of rotatable bonds is 25. The Morgan fingerprint density at radius 1 is 0.461 bits per heavy atom. The first-order valence-electron chi connectivity index (χ1n) is 25.7. The van der Waals surface area contributed by atoms with Gasteiger partial charge in [0.15, 0.2) is 31.5 Å². The van der Waals surface area contributed by atoms with Crippen LogP contribution in [-0.4, -0.2) is 274 Å². The number of ether oxygens (including phenoxy) is 10. The van der Waals surface area contributed by atoms with Crippen LogP contribution in [0.25, 0.3) is 0 Å². The molecule has 26 unspecified atom stereocenters. The summed E-state index contributed by atoms with van der Waals surface area (Å²) in [5.74, 6) is 0. The molecular weight excluding hydrogens is 1020 g/mol. The van der Waals surface area contributed by atoms with Gasteiger partial charge in [-0.15, -0.1) is 6.58 Å². The molecule has 440 valence electrons. The molecule has 0 aromatic heterocycles. The van der Waals surface area contributed by atoms with Gasteiger partial charge in [-0.3, -0.25) is 0 Å². The van der Waals surface area contributed by atoms with Crippen LogP contribution in [0.1, 0.15) is 73.1 Å². The quantitative estimate of drug-likeness (QED) is 0.0382. The van der Waals surface area contributed by atoms with Crippen molar-refractivity contribution in [1.82, 2.24) is 0 Å². The molecule has 0 aromatic carbocycles. The molecular formula is C50H84O26. The SMILES string of the molecule is C=CC(C)(CCC=C(C)CCC=C(C)CCC=C(C)COC1OC(CO)C(O)C(O)C1OC1OC(COC2OC(C)C(O)C(O)C2O)C(O)C(O)C1O)OC1OC(CO)C(O)C(O)C1OC1OC(CO)C(O)C(O)C1O. The molecule has 0 bridgehead atoms. The maximum atomic E-state index is 11.1. The van der Waals surface area contributed by atoms with E-state index < -0.39 is 186 Å². The Hall–Kier alpha value is -2.08. The molecule has 26 atom stereocenters. The minimum absolute atomic E-state index is 0.0544. The second kappa shape index (κ2) is 29.6. The van der Waals surface area contributed by atoms with E-state index >= 15 is 0 Å². The van der Waals surface area contributed by atoms with E-state index in [4.69, 9.17) is 47.4 Å².